The lowest BCUT2D eigenvalue weighted by Crippen LogP contribution is -2.32. The number of hydrogen-bond donors (Lipinski definition) is 1. The van der Waals surface area contributed by atoms with Crippen LogP contribution < -0.4 is 10.9 Å². The molecule has 3 rings (SSSR count). The van der Waals surface area contributed by atoms with Gasteiger partial charge < -0.3 is 9.88 Å². The van der Waals surface area contributed by atoms with Crippen molar-refractivity contribution in [2.45, 2.75) is 32.4 Å². The fourth-order valence-corrected chi connectivity index (χ4v) is 2.44. The molecule has 90 valence electrons. The summed E-state index contributed by atoms with van der Waals surface area (Å²) in [6.45, 7) is 3.71. The fourth-order valence-electron chi connectivity index (χ4n) is 2.44. The van der Waals surface area contributed by atoms with Gasteiger partial charge in [-0.05, 0) is 32.4 Å². The van der Waals surface area contributed by atoms with Crippen LogP contribution in [0.25, 0.3) is 5.52 Å². The Kier molecular flexibility index (Phi) is 2.48. The minimum Gasteiger partial charge on any atom is -0.312 e. The van der Waals surface area contributed by atoms with Crippen LogP contribution in [0.2, 0.25) is 0 Å². The first-order valence-corrected chi connectivity index (χ1v) is 6.03. The van der Waals surface area contributed by atoms with Gasteiger partial charge in [0.2, 0.25) is 0 Å². The van der Waals surface area contributed by atoms with Gasteiger partial charge in [-0.15, -0.1) is 0 Å². The van der Waals surface area contributed by atoms with Crippen LogP contribution in [0.3, 0.4) is 0 Å². The predicted molar refractivity (Wildman–Crippen MR) is 65.2 cm³/mol. The first kappa shape index (κ1) is 10.5. The third kappa shape index (κ3) is 1.86. The summed E-state index contributed by atoms with van der Waals surface area (Å²) in [5.41, 5.74) is 1.57. The van der Waals surface area contributed by atoms with E-state index >= 15 is 0 Å². The summed E-state index contributed by atoms with van der Waals surface area (Å²) in [7, 11) is 0. The minimum atomic E-state index is 0.0433. The quantitative estimate of drug-likeness (QED) is 0.823. The summed E-state index contributed by atoms with van der Waals surface area (Å²) in [5, 5.41) is 7.64. The Morgan fingerprint density at radius 3 is 3.18 bits per heavy atom. The number of aromatic nitrogens is 3. The van der Waals surface area contributed by atoms with Crippen molar-refractivity contribution in [1.29, 1.82) is 0 Å². The topological polar surface area (TPSA) is 51.3 Å². The summed E-state index contributed by atoms with van der Waals surface area (Å²) >= 11 is 0. The lowest BCUT2D eigenvalue weighted by atomic mass is 10.2. The molecule has 5 heteroatoms. The van der Waals surface area contributed by atoms with E-state index in [-0.39, 0.29) is 5.56 Å². The molecule has 0 unspecified atom stereocenters. The summed E-state index contributed by atoms with van der Waals surface area (Å²) in [4.78, 5) is 12.2. The van der Waals surface area contributed by atoms with Crippen LogP contribution in [0.1, 0.15) is 18.5 Å². The van der Waals surface area contributed by atoms with Gasteiger partial charge >= 0.3 is 0 Å². The van der Waals surface area contributed by atoms with Crippen molar-refractivity contribution in [2.24, 2.45) is 0 Å². The van der Waals surface area contributed by atoms with Gasteiger partial charge in [0.1, 0.15) is 5.52 Å². The van der Waals surface area contributed by atoms with Gasteiger partial charge in [0.25, 0.3) is 5.56 Å². The van der Waals surface area contributed by atoms with Gasteiger partial charge in [0, 0.05) is 25.0 Å². The van der Waals surface area contributed by atoms with Crippen LogP contribution in [-0.4, -0.2) is 26.8 Å². The molecule has 0 radical (unpaired) electrons. The van der Waals surface area contributed by atoms with Gasteiger partial charge in [0.15, 0.2) is 0 Å². The van der Waals surface area contributed by atoms with Crippen LogP contribution in [0.5, 0.6) is 0 Å². The third-order valence-corrected chi connectivity index (χ3v) is 3.31. The molecule has 2 aromatic heterocycles. The maximum absolute atomic E-state index is 12.2. The highest BCUT2D eigenvalue weighted by molar-refractivity contribution is 5.44. The largest absolute Gasteiger partial charge is 0.312 e. The van der Waals surface area contributed by atoms with Crippen LogP contribution in [-0.2, 0) is 6.54 Å². The van der Waals surface area contributed by atoms with E-state index in [2.05, 4.69) is 10.4 Å². The smallest absolute Gasteiger partial charge is 0.276 e. The van der Waals surface area contributed by atoms with Crippen molar-refractivity contribution >= 4 is 5.52 Å². The molecule has 0 aliphatic carbocycles. The molecule has 1 aliphatic rings. The Hall–Kier alpha value is -1.62. The summed E-state index contributed by atoms with van der Waals surface area (Å²) in [6.07, 6.45) is 6.02. The molecule has 1 N–H and O–H groups in total. The average Bonchev–Trinajstić information content (AvgIpc) is 2.91. The Morgan fingerprint density at radius 2 is 2.41 bits per heavy atom. The molecule has 1 saturated heterocycles. The number of fused-ring (bicyclic) bond motifs is 1. The molecule has 1 atom stereocenters. The van der Waals surface area contributed by atoms with Gasteiger partial charge in [-0.1, -0.05) is 0 Å². The normalized spacial score (nSPS) is 20.2. The maximum Gasteiger partial charge on any atom is 0.276 e. The molecule has 17 heavy (non-hydrogen) atoms. The number of hydrogen-bond acceptors (Lipinski definition) is 3. The molecule has 2 aromatic rings. The minimum absolute atomic E-state index is 0.0433. The first-order chi connectivity index (χ1) is 8.24. The maximum atomic E-state index is 12.2. The highest BCUT2D eigenvalue weighted by atomic mass is 16.1. The van der Waals surface area contributed by atoms with Crippen molar-refractivity contribution in [3.63, 3.8) is 0 Å². The van der Waals surface area contributed by atoms with E-state index in [1.807, 2.05) is 25.4 Å². The van der Waals surface area contributed by atoms with Crippen molar-refractivity contribution in [3.05, 3.63) is 34.5 Å². The molecule has 3 heterocycles. The lowest BCUT2D eigenvalue weighted by molar-refractivity contribution is 0.498. The molecule has 1 fully saturated rings. The molecule has 5 nitrogen and oxygen atoms in total. The molecule has 0 amide bonds. The van der Waals surface area contributed by atoms with Gasteiger partial charge in [-0.3, -0.25) is 4.79 Å². The number of aryl methyl sites for hydroxylation is 1. The van der Waals surface area contributed by atoms with Gasteiger partial charge in [-0.25, -0.2) is 4.52 Å². The number of nitrogens with zero attached hydrogens (tertiary/aromatic N) is 3. The molecule has 0 aromatic carbocycles. The summed E-state index contributed by atoms with van der Waals surface area (Å²) in [5.74, 6) is 0. The fraction of sp³-hybridized carbons (Fsp3) is 0.500. The molecular formula is C12H16N4O. The number of nitrogens with one attached hydrogen (secondary N) is 1. The van der Waals surface area contributed by atoms with Crippen LogP contribution >= 0.6 is 0 Å². The lowest BCUT2D eigenvalue weighted by Gasteiger charge is -2.12. The zero-order chi connectivity index (χ0) is 11.8. The second-order valence-corrected chi connectivity index (χ2v) is 4.66. The zero-order valence-corrected chi connectivity index (χ0v) is 9.89. The molecular weight excluding hydrogens is 216 g/mol. The van der Waals surface area contributed by atoms with Crippen LogP contribution in [0, 0.1) is 6.92 Å². The van der Waals surface area contributed by atoms with E-state index in [4.69, 9.17) is 0 Å². The SMILES string of the molecule is Cc1cc2c(=O)n(C[C@@H]3CCCN3)ccn2n1. The van der Waals surface area contributed by atoms with E-state index < -0.39 is 0 Å². The zero-order valence-electron chi connectivity index (χ0n) is 9.89. The van der Waals surface area contributed by atoms with E-state index in [0.717, 1.165) is 25.2 Å². The molecule has 0 bridgehead atoms. The molecule has 1 aliphatic heterocycles. The number of rotatable bonds is 2. The Balaban J connectivity index is 1.99. The summed E-state index contributed by atoms with van der Waals surface area (Å²) < 4.78 is 3.43. The second-order valence-electron chi connectivity index (χ2n) is 4.66. The van der Waals surface area contributed by atoms with E-state index in [1.165, 1.54) is 6.42 Å². The molecule has 0 spiro atoms. The second kappa shape index (κ2) is 4.00. The first-order valence-electron chi connectivity index (χ1n) is 6.03. The Bertz CT molecular complexity index is 592. The highest BCUT2D eigenvalue weighted by Crippen LogP contribution is 2.07. The Morgan fingerprint density at radius 1 is 1.53 bits per heavy atom. The van der Waals surface area contributed by atoms with Crippen molar-refractivity contribution in [2.75, 3.05) is 6.54 Å². The van der Waals surface area contributed by atoms with Crippen molar-refractivity contribution in [1.82, 2.24) is 19.5 Å². The average molecular weight is 232 g/mol. The van der Waals surface area contributed by atoms with E-state index in [9.17, 15) is 4.79 Å². The highest BCUT2D eigenvalue weighted by Gasteiger charge is 2.15. The van der Waals surface area contributed by atoms with Crippen molar-refractivity contribution in [3.8, 4) is 0 Å². The Labute approximate surface area is 99.1 Å². The predicted octanol–water partition coefficient (Wildman–Crippen LogP) is 0.556. The van der Waals surface area contributed by atoms with Gasteiger partial charge in [-0.2, -0.15) is 5.10 Å². The van der Waals surface area contributed by atoms with E-state index in [0.29, 0.717) is 11.6 Å². The summed E-state index contributed by atoms with van der Waals surface area (Å²) in [6, 6.07) is 2.26. The van der Waals surface area contributed by atoms with E-state index in [1.54, 1.807) is 9.08 Å². The monoisotopic (exact) mass is 232 g/mol. The third-order valence-electron chi connectivity index (χ3n) is 3.31. The molecule has 0 saturated carbocycles. The standard InChI is InChI=1S/C12H16N4O/c1-9-7-11-12(17)15(5-6-16(11)14-9)8-10-3-2-4-13-10/h5-7,10,13H,2-4,8H2,1H3/t10-/m0/s1. The van der Waals surface area contributed by atoms with Crippen molar-refractivity contribution < 1.29 is 0 Å². The van der Waals surface area contributed by atoms with Crippen LogP contribution in [0.15, 0.2) is 23.3 Å². The van der Waals surface area contributed by atoms with Gasteiger partial charge in [0.05, 0.1) is 5.69 Å². The van der Waals surface area contributed by atoms with Crippen LogP contribution in [0.4, 0.5) is 0 Å².